The number of rotatable bonds is 1. The molecule has 4 nitrogen and oxygen atoms in total. The monoisotopic (exact) mass is 162 g/mol. The van der Waals surface area contributed by atoms with Crippen LogP contribution >= 0.6 is 0 Å². The molecule has 4 heteroatoms. The molecule has 12 heavy (non-hydrogen) atoms. The van der Waals surface area contributed by atoms with E-state index in [2.05, 4.69) is 10.3 Å². The normalized spacial score (nSPS) is 13.5. The van der Waals surface area contributed by atoms with Crippen LogP contribution in [0.5, 0.6) is 0 Å². The van der Waals surface area contributed by atoms with Crippen LogP contribution in [0.25, 0.3) is 11.0 Å². The highest BCUT2D eigenvalue weighted by atomic mass is 16.3. The quantitative estimate of drug-likeness (QED) is 0.636. The second kappa shape index (κ2) is 2.57. The Labute approximate surface area is 69.4 Å². The Bertz CT molecular complexity index is 394. The molecule has 0 aliphatic carbocycles. The van der Waals surface area contributed by atoms with Crippen molar-refractivity contribution in [1.29, 1.82) is 0 Å². The van der Waals surface area contributed by atoms with E-state index < -0.39 is 6.23 Å². The number of fused-ring (bicyclic) bond motifs is 1. The van der Waals surface area contributed by atoms with Gasteiger partial charge in [0, 0.05) is 0 Å². The van der Waals surface area contributed by atoms with Gasteiger partial charge in [0.2, 0.25) is 0 Å². The summed E-state index contributed by atoms with van der Waals surface area (Å²) in [6.45, 7) is 1.54. The average Bonchev–Trinajstić information content (AvgIpc) is 2.47. The van der Waals surface area contributed by atoms with Gasteiger partial charge in [0.1, 0.15) is 5.52 Å². The molecule has 0 N–H and O–H groups in total. The summed E-state index contributed by atoms with van der Waals surface area (Å²) in [6, 6.07) is 7.41. The van der Waals surface area contributed by atoms with E-state index in [0.717, 1.165) is 11.0 Å². The van der Waals surface area contributed by atoms with Gasteiger partial charge in [-0.25, -0.2) is 9.79 Å². The Morgan fingerprint density at radius 3 is 2.92 bits per heavy atom. The van der Waals surface area contributed by atoms with Crippen molar-refractivity contribution in [3.05, 3.63) is 24.3 Å². The highest BCUT2D eigenvalue weighted by molar-refractivity contribution is 5.73. The number of benzene rings is 1. The molecule has 0 aliphatic rings. The molecule has 1 heterocycles. The third-order valence-electron chi connectivity index (χ3n) is 1.72. The molecule has 1 aromatic heterocycles. The first-order chi connectivity index (χ1) is 5.79. The fourth-order valence-electron chi connectivity index (χ4n) is 1.16. The van der Waals surface area contributed by atoms with E-state index in [1.54, 1.807) is 6.92 Å². The highest BCUT2D eigenvalue weighted by Gasteiger charge is 2.07. The van der Waals surface area contributed by atoms with Gasteiger partial charge in [-0.3, -0.25) is 0 Å². The predicted molar refractivity (Wildman–Crippen MR) is 42.9 cm³/mol. The summed E-state index contributed by atoms with van der Waals surface area (Å²) in [6.07, 6.45) is -0.877. The van der Waals surface area contributed by atoms with Gasteiger partial charge in [-0.1, -0.05) is 17.3 Å². The van der Waals surface area contributed by atoms with E-state index >= 15 is 0 Å². The van der Waals surface area contributed by atoms with Crippen LogP contribution in [-0.4, -0.2) is 15.0 Å². The zero-order chi connectivity index (χ0) is 8.55. The summed E-state index contributed by atoms with van der Waals surface area (Å²) in [5.41, 5.74) is 1.56. The third-order valence-corrected chi connectivity index (χ3v) is 1.72. The van der Waals surface area contributed by atoms with Gasteiger partial charge < -0.3 is 0 Å². The van der Waals surface area contributed by atoms with Gasteiger partial charge in [-0.2, -0.15) is 0 Å². The van der Waals surface area contributed by atoms with Gasteiger partial charge in [0.05, 0.1) is 5.52 Å². The number of nitrogens with zero attached hydrogens (tertiary/aromatic N) is 3. The lowest BCUT2D eigenvalue weighted by Crippen LogP contribution is -2.03. The number of hydrogen-bond acceptors (Lipinski definition) is 2. The molecule has 0 spiro atoms. The largest absolute Gasteiger partial charge is 0.213 e. The molecule has 0 aliphatic heterocycles. The summed E-state index contributed by atoms with van der Waals surface area (Å²) in [4.78, 5) is 0. The molecule has 2 aromatic rings. The van der Waals surface area contributed by atoms with Crippen LogP contribution in [0.4, 0.5) is 0 Å². The highest BCUT2D eigenvalue weighted by Crippen LogP contribution is 2.12. The molecule has 1 radical (unpaired) electrons. The van der Waals surface area contributed by atoms with E-state index in [1.807, 2.05) is 24.3 Å². The average molecular weight is 162 g/mol. The molecule has 1 aromatic carbocycles. The van der Waals surface area contributed by atoms with Crippen LogP contribution in [0, 0.1) is 0 Å². The summed E-state index contributed by atoms with van der Waals surface area (Å²) in [7, 11) is 0. The first kappa shape index (κ1) is 7.24. The second-order valence-corrected chi connectivity index (χ2v) is 2.62. The zero-order valence-electron chi connectivity index (χ0n) is 6.64. The van der Waals surface area contributed by atoms with Crippen molar-refractivity contribution >= 4 is 11.0 Å². The molecule has 0 bridgehead atoms. The van der Waals surface area contributed by atoms with Crippen molar-refractivity contribution < 1.29 is 5.11 Å². The molecular weight excluding hydrogens is 154 g/mol. The van der Waals surface area contributed by atoms with Crippen LogP contribution in [0.15, 0.2) is 24.3 Å². The van der Waals surface area contributed by atoms with E-state index in [0.29, 0.717) is 0 Å². The maximum atomic E-state index is 11.1. The summed E-state index contributed by atoms with van der Waals surface area (Å²) in [5, 5.41) is 18.7. The topological polar surface area (TPSA) is 50.6 Å². The van der Waals surface area contributed by atoms with Crippen LogP contribution < -0.4 is 0 Å². The van der Waals surface area contributed by atoms with Gasteiger partial charge in [0.25, 0.3) is 0 Å². The van der Waals surface area contributed by atoms with Gasteiger partial charge >= 0.3 is 0 Å². The zero-order valence-corrected chi connectivity index (χ0v) is 6.64. The molecular formula is C8H8N3O. The van der Waals surface area contributed by atoms with Crippen LogP contribution in [0.1, 0.15) is 13.2 Å². The molecule has 61 valence electrons. The van der Waals surface area contributed by atoms with Crippen molar-refractivity contribution in [3.63, 3.8) is 0 Å². The molecule has 0 saturated heterocycles. The molecule has 1 unspecified atom stereocenters. The minimum Gasteiger partial charge on any atom is -0.213 e. The minimum atomic E-state index is -0.877. The van der Waals surface area contributed by atoms with E-state index in [1.165, 1.54) is 4.68 Å². The molecule has 0 fully saturated rings. The number of aromatic nitrogens is 3. The van der Waals surface area contributed by atoms with Crippen LogP contribution in [0.2, 0.25) is 0 Å². The Hall–Kier alpha value is -1.42. The molecule has 2 rings (SSSR count). The fourth-order valence-corrected chi connectivity index (χ4v) is 1.16. The van der Waals surface area contributed by atoms with Crippen LogP contribution in [0.3, 0.4) is 0 Å². The smallest absolute Gasteiger partial charge is 0.184 e. The van der Waals surface area contributed by atoms with Gasteiger partial charge in [0.15, 0.2) is 6.23 Å². The lowest BCUT2D eigenvalue weighted by Gasteiger charge is -2.00. The summed E-state index contributed by atoms with van der Waals surface area (Å²) < 4.78 is 1.37. The van der Waals surface area contributed by atoms with Crippen molar-refractivity contribution in [1.82, 2.24) is 15.0 Å². The fraction of sp³-hybridized carbons (Fsp3) is 0.250. The van der Waals surface area contributed by atoms with Crippen molar-refractivity contribution in [2.45, 2.75) is 13.2 Å². The third kappa shape index (κ3) is 0.967. The van der Waals surface area contributed by atoms with E-state index in [4.69, 9.17) is 0 Å². The Morgan fingerprint density at radius 2 is 2.17 bits per heavy atom. The first-order valence-electron chi connectivity index (χ1n) is 3.75. The van der Waals surface area contributed by atoms with Gasteiger partial charge in [-0.15, -0.1) is 5.10 Å². The summed E-state index contributed by atoms with van der Waals surface area (Å²) >= 11 is 0. The summed E-state index contributed by atoms with van der Waals surface area (Å²) in [5.74, 6) is 0. The lowest BCUT2D eigenvalue weighted by atomic mass is 10.3. The van der Waals surface area contributed by atoms with Gasteiger partial charge in [-0.05, 0) is 19.1 Å². The first-order valence-corrected chi connectivity index (χ1v) is 3.75. The SMILES string of the molecule is CC([O])n1nnc2ccccc21. The maximum absolute atomic E-state index is 11.1. The maximum Gasteiger partial charge on any atom is 0.184 e. The molecule has 0 saturated carbocycles. The molecule has 0 amide bonds. The minimum absolute atomic E-state index is 0.764. The van der Waals surface area contributed by atoms with Crippen LogP contribution in [-0.2, 0) is 5.11 Å². The number of para-hydroxylation sites is 1. The lowest BCUT2D eigenvalue weighted by molar-refractivity contribution is 0.0356. The number of hydrogen-bond donors (Lipinski definition) is 0. The second-order valence-electron chi connectivity index (χ2n) is 2.62. The van der Waals surface area contributed by atoms with E-state index in [9.17, 15) is 5.11 Å². The van der Waals surface area contributed by atoms with Crippen molar-refractivity contribution in [2.24, 2.45) is 0 Å². The Kier molecular flexibility index (Phi) is 1.55. The molecule has 1 atom stereocenters. The Balaban J connectivity index is 2.70. The van der Waals surface area contributed by atoms with Crippen molar-refractivity contribution in [3.8, 4) is 0 Å². The standard InChI is InChI=1S/C8H8N3O/c1-6(12)11-8-5-3-2-4-7(8)9-10-11/h2-6H,1H3. The van der Waals surface area contributed by atoms with Crippen molar-refractivity contribution in [2.75, 3.05) is 0 Å². The Morgan fingerprint density at radius 1 is 1.42 bits per heavy atom. The predicted octanol–water partition coefficient (Wildman–Crippen LogP) is 1.38. The van der Waals surface area contributed by atoms with E-state index in [-0.39, 0.29) is 0 Å².